The van der Waals surface area contributed by atoms with Gasteiger partial charge in [0, 0.05) is 18.7 Å². The fourth-order valence-electron chi connectivity index (χ4n) is 3.70. The third-order valence-corrected chi connectivity index (χ3v) is 5.52. The molecule has 1 saturated heterocycles. The number of hydrogen-bond donors (Lipinski definition) is 2. The molecule has 2 N–H and O–H groups in total. The van der Waals surface area contributed by atoms with E-state index in [1.807, 2.05) is 0 Å². The van der Waals surface area contributed by atoms with Gasteiger partial charge in [0.15, 0.2) is 23.2 Å². The summed E-state index contributed by atoms with van der Waals surface area (Å²) >= 11 is 0. The van der Waals surface area contributed by atoms with Gasteiger partial charge >= 0.3 is 11.9 Å². The first-order chi connectivity index (χ1) is 14.9. The molecule has 10 heteroatoms. The van der Waals surface area contributed by atoms with Crippen LogP contribution in [0.1, 0.15) is 49.5 Å². The molecule has 3 rings (SSSR count). The van der Waals surface area contributed by atoms with Crippen molar-refractivity contribution < 1.29 is 38.4 Å². The number of nitrogens with zero attached hydrogens (tertiary/aromatic N) is 1. The monoisotopic (exact) mass is 436 g/mol. The van der Waals surface area contributed by atoms with Gasteiger partial charge in [-0.1, -0.05) is 12.8 Å². The number of cyclic esters (lactones) is 1. The zero-order valence-electron chi connectivity index (χ0n) is 17.7. The minimum absolute atomic E-state index is 0.0778. The summed E-state index contributed by atoms with van der Waals surface area (Å²) in [6.07, 6.45) is 3.99. The van der Waals surface area contributed by atoms with Crippen LogP contribution in [0.3, 0.4) is 0 Å². The molecule has 2 aliphatic rings. The van der Waals surface area contributed by atoms with E-state index in [2.05, 4.69) is 10.3 Å². The summed E-state index contributed by atoms with van der Waals surface area (Å²) in [6.45, 7) is 1.73. The van der Waals surface area contributed by atoms with Gasteiger partial charge in [0.1, 0.15) is 12.2 Å². The van der Waals surface area contributed by atoms with Crippen molar-refractivity contribution in [3.05, 3.63) is 18.0 Å². The lowest BCUT2D eigenvalue weighted by Gasteiger charge is -2.25. The van der Waals surface area contributed by atoms with Gasteiger partial charge in [-0.25, -0.2) is 9.78 Å². The Kier molecular flexibility index (Phi) is 7.67. The van der Waals surface area contributed by atoms with Crippen LogP contribution in [0.15, 0.2) is 12.3 Å². The van der Waals surface area contributed by atoms with Crippen LogP contribution < -0.4 is 10.1 Å². The van der Waals surface area contributed by atoms with Crippen molar-refractivity contribution in [3.8, 4) is 11.5 Å². The average Bonchev–Trinajstić information content (AvgIpc) is 3.30. The van der Waals surface area contributed by atoms with E-state index in [0.717, 1.165) is 25.7 Å². The van der Waals surface area contributed by atoms with Crippen LogP contribution in [-0.4, -0.2) is 66.5 Å². The Morgan fingerprint density at radius 1 is 1.26 bits per heavy atom. The number of pyridine rings is 1. The predicted octanol–water partition coefficient (Wildman–Crippen LogP) is 1.35. The van der Waals surface area contributed by atoms with Crippen LogP contribution in [0.25, 0.3) is 0 Å². The topological polar surface area (TPSA) is 133 Å². The number of aromatic hydroxyl groups is 1. The molecular weight excluding hydrogens is 408 g/mol. The van der Waals surface area contributed by atoms with Crippen molar-refractivity contribution in [2.45, 2.75) is 57.3 Å². The molecule has 1 aliphatic heterocycles. The zero-order chi connectivity index (χ0) is 22.4. The second kappa shape index (κ2) is 10.4. The minimum Gasteiger partial charge on any atom is -0.503 e. The van der Waals surface area contributed by atoms with Crippen molar-refractivity contribution in [2.75, 3.05) is 20.3 Å². The lowest BCUT2D eigenvalue weighted by atomic mass is 10.1. The van der Waals surface area contributed by atoms with Crippen LogP contribution in [0.4, 0.5) is 0 Å². The summed E-state index contributed by atoms with van der Waals surface area (Å²) in [5.74, 6) is -2.24. The van der Waals surface area contributed by atoms with Crippen LogP contribution in [0.5, 0.6) is 11.5 Å². The van der Waals surface area contributed by atoms with Crippen molar-refractivity contribution in [3.63, 3.8) is 0 Å². The lowest BCUT2D eigenvalue weighted by molar-refractivity contribution is -0.170. The number of methoxy groups -OCH3 is 1. The highest BCUT2D eigenvalue weighted by Gasteiger charge is 2.34. The molecule has 31 heavy (non-hydrogen) atoms. The highest BCUT2D eigenvalue weighted by atomic mass is 16.6. The van der Waals surface area contributed by atoms with Crippen LogP contribution in [0.2, 0.25) is 0 Å². The Hall–Kier alpha value is -2.88. The van der Waals surface area contributed by atoms with Crippen molar-refractivity contribution >= 4 is 17.8 Å². The second-order valence-corrected chi connectivity index (χ2v) is 7.70. The van der Waals surface area contributed by atoms with Gasteiger partial charge in [-0.05, 0) is 19.8 Å². The maximum Gasteiger partial charge on any atom is 0.331 e. The van der Waals surface area contributed by atoms with Gasteiger partial charge < -0.3 is 29.4 Å². The fraction of sp³-hybridized carbons (Fsp3) is 0.619. The van der Waals surface area contributed by atoms with E-state index >= 15 is 0 Å². The number of amides is 1. The highest BCUT2D eigenvalue weighted by Crippen LogP contribution is 2.28. The molecular formula is C21H28N2O8. The molecule has 0 unspecified atom stereocenters. The number of hydrogen-bond acceptors (Lipinski definition) is 9. The summed E-state index contributed by atoms with van der Waals surface area (Å²) < 4.78 is 21.6. The number of rotatable bonds is 5. The first-order valence-corrected chi connectivity index (χ1v) is 10.4. The largest absolute Gasteiger partial charge is 0.503 e. The number of nitrogens with one attached hydrogen (secondary N) is 1. The number of carbonyl (C=O) groups is 3. The highest BCUT2D eigenvalue weighted by molar-refractivity contribution is 5.98. The molecule has 1 amide bonds. The number of esters is 2. The molecule has 170 valence electrons. The zero-order valence-corrected chi connectivity index (χ0v) is 17.7. The van der Waals surface area contributed by atoms with Crippen LogP contribution >= 0.6 is 0 Å². The van der Waals surface area contributed by atoms with Gasteiger partial charge in [-0.3, -0.25) is 9.59 Å². The summed E-state index contributed by atoms with van der Waals surface area (Å²) in [5.41, 5.74) is -0.288. The van der Waals surface area contributed by atoms with Crippen LogP contribution in [-0.2, 0) is 23.8 Å². The Morgan fingerprint density at radius 3 is 2.71 bits per heavy atom. The van der Waals surface area contributed by atoms with E-state index < -0.39 is 35.9 Å². The van der Waals surface area contributed by atoms with Gasteiger partial charge in [0.05, 0.1) is 26.2 Å². The molecule has 1 aromatic rings. The SMILES string of the molecule is COc1ccnc(C(=O)N[C@H]2COCC[C@@H](OC(=O)C3CCCC3)[C@H](C)OC2=O)c1O. The molecule has 0 bridgehead atoms. The first kappa shape index (κ1) is 22.8. The number of carbonyl (C=O) groups excluding carboxylic acids is 3. The van der Waals surface area contributed by atoms with Crippen molar-refractivity contribution in [1.29, 1.82) is 0 Å². The summed E-state index contributed by atoms with van der Waals surface area (Å²) in [5, 5.41) is 12.6. The maximum atomic E-state index is 12.6. The fourth-order valence-corrected chi connectivity index (χ4v) is 3.70. The van der Waals surface area contributed by atoms with Gasteiger partial charge in [-0.15, -0.1) is 0 Å². The molecule has 0 aromatic carbocycles. The average molecular weight is 436 g/mol. The summed E-state index contributed by atoms with van der Waals surface area (Å²) in [6, 6.07) is 0.282. The molecule has 1 aromatic heterocycles. The molecule has 2 fully saturated rings. The third kappa shape index (κ3) is 5.63. The van der Waals surface area contributed by atoms with E-state index in [1.165, 1.54) is 19.4 Å². The van der Waals surface area contributed by atoms with Crippen molar-refractivity contribution in [2.24, 2.45) is 5.92 Å². The van der Waals surface area contributed by atoms with E-state index in [9.17, 15) is 19.5 Å². The normalized spacial score (nSPS) is 25.0. The first-order valence-electron chi connectivity index (χ1n) is 10.4. The molecule has 0 spiro atoms. The second-order valence-electron chi connectivity index (χ2n) is 7.70. The summed E-state index contributed by atoms with van der Waals surface area (Å²) in [4.78, 5) is 41.4. The standard InChI is InChI=1S/C21H28N2O8/c1-12-15(31-20(26)13-5-3-4-6-13)8-10-29-11-14(21(27)30-12)23-19(25)17-18(24)16(28-2)7-9-22-17/h7,9,12-15,24H,3-6,8,10-11H2,1-2H3,(H,23,25)/t12-,14-,15+/m0/s1. The van der Waals surface area contributed by atoms with E-state index in [-0.39, 0.29) is 36.5 Å². The van der Waals surface area contributed by atoms with E-state index in [1.54, 1.807) is 6.92 Å². The molecule has 3 atom stereocenters. The maximum absolute atomic E-state index is 12.6. The lowest BCUT2D eigenvalue weighted by Crippen LogP contribution is -2.46. The number of ether oxygens (including phenoxy) is 4. The smallest absolute Gasteiger partial charge is 0.331 e. The van der Waals surface area contributed by atoms with E-state index in [0.29, 0.717) is 6.42 Å². The molecule has 0 radical (unpaired) electrons. The van der Waals surface area contributed by atoms with E-state index in [4.69, 9.17) is 18.9 Å². The Balaban J connectivity index is 1.63. The Morgan fingerprint density at radius 2 is 2.00 bits per heavy atom. The van der Waals surface area contributed by atoms with Crippen LogP contribution in [0, 0.1) is 5.92 Å². The quantitative estimate of drug-likeness (QED) is 0.656. The predicted molar refractivity (Wildman–Crippen MR) is 107 cm³/mol. The van der Waals surface area contributed by atoms with Crippen molar-refractivity contribution in [1.82, 2.24) is 10.3 Å². The molecule has 10 nitrogen and oxygen atoms in total. The van der Waals surface area contributed by atoms with Gasteiger partial charge in [0.2, 0.25) is 0 Å². The number of aromatic nitrogens is 1. The molecule has 1 saturated carbocycles. The molecule has 2 heterocycles. The summed E-state index contributed by atoms with van der Waals surface area (Å²) in [7, 11) is 1.34. The van der Waals surface area contributed by atoms with Gasteiger partial charge in [0.25, 0.3) is 5.91 Å². The van der Waals surface area contributed by atoms with Gasteiger partial charge in [-0.2, -0.15) is 0 Å². The molecule has 1 aliphatic carbocycles. The Bertz CT molecular complexity index is 809. The minimum atomic E-state index is -1.12. The Labute approximate surface area is 180 Å². The third-order valence-electron chi connectivity index (χ3n) is 5.52.